The van der Waals surface area contributed by atoms with E-state index in [9.17, 15) is 0 Å². The number of hydrogen-bond acceptors (Lipinski definition) is 0. The van der Waals surface area contributed by atoms with E-state index in [2.05, 4.69) is 139 Å². The quantitative estimate of drug-likeness (QED) is 0.279. The standard InChI is InChI=1S/C41H42.C2H6/c1-9-33-35(11-3)40(32-22-23-37-34(10-2)38(12-4)41(7,8)39(37)26-32)28(6)16-14-13-15-17-36(33)31-21-20-29-24-27(5)18-19-30(29)25-31;1-2/h9-10,12-15,17-26,28H,1-2,4,11,16H2,3,5-8H3;1-2H3/b14-13-,17-15-,36-33+,40-35+;. The normalized spacial score (nSPS) is 22.7. The summed E-state index contributed by atoms with van der Waals surface area (Å²) in [6, 6.07) is 20.5. The zero-order valence-electron chi connectivity index (χ0n) is 27.4. The van der Waals surface area contributed by atoms with Gasteiger partial charge in [0.15, 0.2) is 0 Å². The van der Waals surface area contributed by atoms with Gasteiger partial charge in [-0.3, -0.25) is 0 Å². The molecule has 0 nitrogen and oxygen atoms in total. The Kier molecular flexibility index (Phi) is 9.92. The Hall–Kier alpha value is -4.16. The van der Waals surface area contributed by atoms with E-state index in [1.165, 1.54) is 72.0 Å². The fourth-order valence-electron chi connectivity index (χ4n) is 6.86. The third-order valence-corrected chi connectivity index (χ3v) is 8.96. The smallest absolute Gasteiger partial charge is 0.0158 e. The minimum absolute atomic E-state index is 0.128. The van der Waals surface area contributed by atoms with Gasteiger partial charge in [-0.25, -0.2) is 0 Å². The lowest BCUT2D eigenvalue weighted by atomic mass is 9.77. The molecule has 0 bridgehead atoms. The summed E-state index contributed by atoms with van der Waals surface area (Å²) in [6.07, 6.45) is 16.9. The topological polar surface area (TPSA) is 0 Å². The molecule has 0 aliphatic heterocycles. The molecule has 0 fully saturated rings. The van der Waals surface area contributed by atoms with E-state index < -0.39 is 0 Å². The van der Waals surface area contributed by atoms with Crippen LogP contribution >= 0.6 is 0 Å². The van der Waals surface area contributed by atoms with Crippen LogP contribution in [-0.4, -0.2) is 0 Å². The lowest BCUT2D eigenvalue weighted by Gasteiger charge is -2.27. The average Bonchev–Trinajstić information content (AvgIpc) is 3.24. The molecule has 0 saturated carbocycles. The molecule has 0 saturated heterocycles. The van der Waals surface area contributed by atoms with Gasteiger partial charge in [0.05, 0.1) is 0 Å². The Bertz CT molecular complexity index is 1720. The van der Waals surface area contributed by atoms with Crippen LogP contribution in [-0.2, 0) is 5.41 Å². The first-order valence-corrected chi connectivity index (χ1v) is 15.8. The minimum atomic E-state index is -0.128. The van der Waals surface area contributed by atoms with Crippen LogP contribution in [0.2, 0.25) is 0 Å². The number of allylic oxidation sites excluding steroid dienone is 13. The Labute approximate surface area is 261 Å². The van der Waals surface area contributed by atoms with Gasteiger partial charge in [0.1, 0.15) is 0 Å². The fourth-order valence-corrected chi connectivity index (χ4v) is 6.86. The lowest BCUT2D eigenvalue weighted by Crippen LogP contribution is -2.16. The highest BCUT2D eigenvalue weighted by molar-refractivity contribution is 5.93. The van der Waals surface area contributed by atoms with Crippen LogP contribution in [0.15, 0.2) is 134 Å². The highest BCUT2D eigenvalue weighted by atomic mass is 14.4. The molecule has 1 atom stereocenters. The number of rotatable bonds is 6. The summed E-state index contributed by atoms with van der Waals surface area (Å²) in [6.45, 7) is 28.0. The van der Waals surface area contributed by atoms with Crippen LogP contribution < -0.4 is 0 Å². The first kappa shape index (κ1) is 31.8. The third-order valence-electron chi connectivity index (χ3n) is 8.96. The largest absolute Gasteiger partial charge is 0.0987 e. The minimum Gasteiger partial charge on any atom is -0.0987 e. The van der Waals surface area contributed by atoms with Gasteiger partial charge in [-0.1, -0.05) is 152 Å². The molecule has 220 valence electrons. The molecule has 0 aromatic heterocycles. The van der Waals surface area contributed by atoms with Crippen LogP contribution in [0.4, 0.5) is 0 Å². The van der Waals surface area contributed by atoms with E-state index in [1.807, 2.05) is 26.0 Å². The molecular weight excluding hydrogens is 516 g/mol. The fraction of sp³-hybridized carbons (Fsp3) is 0.256. The molecule has 2 aliphatic carbocycles. The summed E-state index contributed by atoms with van der Waals surface area (Å²) >= 11 is 0. The predicted molar refractivity (Wildman–Crippen MR) is 193 cm³/mol. The SMILES string of the molecule is C=CC1=C(C=C)C(C)(C)c2cc(/C3=C(CC)/C(C=C)=C(c4ccc5cc(C)ccc5c4)\C=C/C=C\CC3C)ccc21.CC. The van der Waals surface area contributed by atoms with Gasteiger partial charge < -0.3 is 0 Å². The summed E-state index contributed by atoms with van der Waals surface area (Å²) in [4.78, 5) is 0. The van der Waals surface area contributed by atoms with Crippen molar-refractivity contribution < 1.29 is 0 Å². The number of hydrogen-bond donors (Lipinski definition) is 0. The number of benzene rings is 3. The van der Waals surface area contributed by atoms with Crippen molar-refractivity contribution in [3.05, 3.63) is 161 Å². The van der Waals surface area contributed by atoms with Crippen molar-refractivity contribution in [3.8, 4) is 0 Å². The van der Waals surface area contributed by atoms with Crippen molar-refractivity contribution in [3.63, 3.8) is 0 Å². The molecule has 3 aromatic rings. The molecule has 0 heteroatoms. The summed E-state index contributed by atoms with van der Waals surface area (Å²) in [5.74, 6) is 0.344. The Balaban J connectivity index is 0.00000207. The van der Waals surface area contributed by atoms with E-state index in [-0.39, 0.29) is 5.41 Å². The third kappa shape index (κ3) is 5.89. The zero-order chi connectivity index (χ0) is 31.3. The molecule has 2 aliphatic rings. The predicted octanol–water partition coefficient (Wildman–Crippen LogP) is 12.5. The van der Waals surface area contributed by atoms with Crippen LogP contribution in [0.25, 0.3) is 27.5 Å². The van der Waals surface area contributed by atoms with Gasteiger partial charge in [-0.2, -0.15) is 0 Å². The van der Waals surface area contributed by atoms with Gasteiger partial charge in [0.2, 0.25) is 0 Å². The first-order valence-electron chi connectivity index (χ1n) is 15.8. The van der Waals surface area contributed by atoms with Gasteiger partial charge in [0, 0.05) is 5.41 Å². The molecular formula is C43H48. The van der Waals surface area contributed by atoms with Crippen molar-refractivity contribution in [1.29, 1.82) is 0 Å². The Morgan fingerprint density at radius 1 is 0.814 bits per heavy atom. The van der Waals surface area contributed by atoms with Gasteiger partial charge >= 0.3 is 0 Å². The maximum Gasteiger partial charge on any atom is 0.0158 e. The number of fused-ring (bicyclic) bond motifs is 2. The summed E-state index contributed by atoms with van der Waals surface area (Å²) < 4.78 is 0. The van der Waals surface area contributed by atoms with Gasteiger partial charge in [-0.05, 0) is 104 Å². The zero-order valence-corrected chi connectivity index (χ0v) is 27.4. The molecule has 0 heterocycles. The molecule has 43 heavy (non-hydrogen) atoms. The highest BCUT2D eigenvalue weighted by Crippen LogP contribution is 2.49. The maximum atomic E-state index is 4.36. The van der Waals surface area contributed by atoms with E-state index in [4.69, 9.17) is 0 Å². The molecule has 3 aromatic carbocycles. The van der Waals surface area contributed by atoms with Crippen LogP contribution in [0, 0.1) is 12.8 Å². The summed E-state index contributed by atoms with van der Waals surface area (Å²) in [5, 5.41) is 2.52. The van der Waals surface area contributed by atoms with E-state index in [1.54, 1.807) is 0 Å². The highest BCUT2D eigenvalue weighted by Gasteiger charge is 2.36. The van der Waals surface area contributed by atoms with Gasteiger partial charge in [-0.15, -0.1) is 0 Å². The molecule has 0 amide bonds. The van der Waals surface area contributed by atoms with E-state index in [0.29, 0.717) is 5.92 Å². The van der Waals surface area contributed by atoms with Crippen molar-refractivity contribution in [1.82, 2.24) is 0 Å². The Morgan fingerprint density at radius 3 is 2.16 bits per heavy atom. The van der Waals surface area contributed by atoms with Crippen LogP contribution in [0.1, 0.15) is 82.2 Å². The van der Waals surface area contributed by atoms with Crippen molar-refractivity contribution >= 4 is 27.5 Å². The lowest BCUT2D eigenvalue weighted by molar-refractivity contribution is 0.654. The first-order chi connectivity index (χ1) is 20.7. The second kappa shape index (κ2) is 13.4. The van der Waals surface area contributed by atoms with E-state index in [0.717, 1.165) is 12.8 Å². The van der Waals surface area contributed by atoms with Crippen molar-refractivity contribution in [2.24, 2.45) is 5.92 Å². The van der Waals surface area contributed by atoms with Crippen molar-refractivity contribution in [2.75, 3.05) is 0 Å². The average molecular weight is 565 g/mol. The molecule has 0 spiro atoms. The number of aryl methyl sites for hydroxylation is 1. The summed E-state index contributed by atoms with van der Waals surface area (Å²) in [5.41, 5.74) is 13.9. The maximum absolute atomic E-state index is 4.36. The van der Waals surface area contributed by atoms with Crippen LogP contribution in [0.3, 0.4) is 0 Å². The van der Waals surface area contributed by atoms with Gasteiger partial charge in [0.25, 0.3) is 0 Å². The second-order valence-corrected chi connectivity index (χ2v) is 11.9. The summed E-state index contributed by atoms with van der Waals surface area (Å²) in [7, 11) is 0. The monoisotopic (exact) mass is 564 g/mol. The molecule has 1 unspecified atom stereocenters. The van der Waals surface area contributed by atoms with E-state index >= 15 is 0 Å². The Morgan fingerprint density at radius 2 is 1.49 bits per heavy atom. The van der Waals surface area contributed by atoms with Crippen LogP contribution in [0.5, 0.6) is 0 Å². The molecule has 0 radical (unpaired) electrons. The second-order valence-electron chi connectivity index (χ2n) is 11.9. The molecule has 5 rings (SSSR count). The van der Waals surface area contributed by atoms with Crippen molar-refractivity contribution in [2.45, 2.75) is 66.7 Å². The molecule has 0 N–H and O–H groups in total.